The molecule has 0 saturated carbocycles. The van der Waals surface area contributed by atoms with E-state index in [1.54, 1.807) is 9.82 Å². The van der Waals surface area contributed by atoms with Crippen molar-refractivity contribution in [3.63, 3.8) is 0 Å². The fraction of sp³-hybridized carbons (Fsp3) is 0.158. The van der Waals surface area contributed by atoms with Crippen molar-refractivity contribution in [1.82, 2.24) is 0 Å². The molecule has 0 saturated heterocycles. The molecule has 0 spiro atoms. The van der Waals surface area contributed by atoms with Crippen LogP contribution in [-0.4, -0.2) is 0 Å². The molecule has 0 radical (unpaired) electrons. The Hall–Kier alpha value is -1.20. The van der Waals surface area contributed by atoms with Crippen LogP contribution in [0.1, 0.15) is 17.5 Å². The van der Waals surface area contributed by atoms with Crippen LogP contribution in [0.3, 0.4) is 0 Å². The molecule has 20 heavy (non-hydrogen) atoms. The quantitative estimate of drug-likeness (QED) is 0.800. The first kappa shape index (κ1) is 13.8. The van der Waals surface area contributed by atoms with Crippen LogP contribution in [0.4, 0.5) is 0 Å². The maximum atomic E-state index is 2.36. The van der Waals surface area contributed by atoms with E-state index < -0.39 is 21.8 Å². The van der Waals surface area contributed by atoms with Gasteiger partial charge in [0.1, 0.15) is 0 Å². The fourth-order valence-electron chi connectivity index (χ4n) is 2.61. The van der Waals surface area contributed by atoms with Crippen LogP contribution >= 0.6 is 0 Å². The predicted molar refractivity (Wildman–Crippen MR) is 83.5 cm³/mol. The van der Waals surface area contributed by atoms with E-state index in [0.717, 1.165) is 6.42 Å². The Bertz CT molecular complexity index is 600. The Labute approximate surface area is 129 Å². The van der Waals surface area contributed by atoms with E-state index in [-0.39, 0.29) is 0 Å². The van der Waals surface area contributed by atoms with Crippen LogP contribution in [-0.2, 0) is 21.8 Å². The Morgan fingerprint density at radius 3 is 1.65 bits per heavy atom. The van der Waals surface area contributed by atoms with Gasteiger partial charge in [-0.25, -0.2) is 0 Å². The van der Waals surface area contributed by atoms with Crippen LogP contribution in [0.2, 0.25) is 0 Å². The molecule has 1 heteroatoms. The van der Waals surface area contributed by atoms with Gasteiger partial charge in [-0.3, -0.25) is 0 Å². The van der Waals surface area contributed by atoms with Crippen molar-refractivity contribution in [2.75, 3.05) is 0 Å². The van der Waals surface area contributed by atoms with E-state index in [1.807, 2.05) is 0 Å². The van der Waals surface area contributed by atoms with Crippen molar-refractivity contribution >= 4 is 6.54 Å². The van der Waals surface area contributed by atoms with E-state index in [2.05, 4.69) is 80.6 Å². The maximum absolute atomic E-state index is 2.36. The summed E-state index contributed by atoms with van der Waals surface area (Å²) in [6.45, 7) is 4.32. The predicted octanol–water partition coefficient (Wildman–Crippen LogP) is 3.72. The van der Waals surface area contributed by atoms with Gasteiger partial charge in [0, 0.05) is 0 Å². The van der Waals surface area contributed by atoms with Crippen molar-refractivity contribution in [1.29, 1.82) is 0 Å². The summed E-state index contributed by atoms with van der Waals surface area (Å²) in [5, 5.41) is 0. The van der Waals surface area contributed by atoms with Gasteiger partial charge in [-0.2, -0.15) is 0 Å². The Balaban J connectivity index is 2.04. The summed E-state index contributed by atoms with van der Waals surface area (Å²) in [6, 6.07) is 18.4. The van der Waals surface area contributed by atoms with Crippen molar-refractivity contribution < 1.29 is 21.8 Å². The van der Waals surface area contributed by atoms with Crippen molar-refractivity contribution in [3.05, 3.63) is 81.2 Å². The number of hydrogen-bond acceptors (Lipinski definition) is 0. The SMILES string of the molecule is Cc1cc[c]([Zr]([C]2=CC=CC2)[c]2ccc(C)cc2)cc1. The molecule has 0 fully saturated rings. The third kappa shape index (κ3) is 2.94. The molecule has 1 aliphatic carbocycles. The van der Waals surface area contributed by atoms with E-state index in [9.17, 15) is 0 Å². The standard InChI is InChI=1S/2C7H7.C5H5.Zr/c2*1-7-5-3-2-4-6-7;1-2-4-5-3-1;/h2*3-6H,1H3;1-3H,4H2;. The van der Waals surface area contributed by atoms with E-state index in [4.69, 9.17) is 0 Å². The number of aryl methyl sites for hydroxylation is 2. The number of benzene rings is 2. The first-order chi connectivity index (χ1) is 9.74. The number of hydrogen-bond donors (Lipinski definition) is 0. The summed E-state index contributed by atoms with van der Waals surface area (Å²) in [5.41, 5.74) is 2.69. The van der Waals surface area contributed by atoms with Gasteiger partial charge < -0.3 is 0 Å². The van der Waals surface area contributed by atoms with E-state index in [1.165, 1.54) is 11.1 Å². The molecule has 3 rings (SSSR count). The molecular formula is C19H19Zr. The second kappa shape index (κ2) is 6.06. The average molecular weight is 339 g/mol. The third-order valence-corrected chi connectivity index (χ3v) is 10.7. The molecule has 2 aromatic carbocycles. The minimum atomic E-state index is -1.92. The Morgan fingerprint density at radius 1 is 0.750 bits per heavy atom. The molecular weight excluding hydrogens is 319 g/mol. The van der Waals surface area contributed by atoms with Gasteiger partial charge >= 0.3 is 130 Å². The van der Waals surface area contributed by atoms with E-state index >= 15 is 0 Å². The van der Waals surface area contributed by atoms with Gasteiger partial charge in [0.15, 0.2) is 0 Å². The summed E-state index contributed by atoms with van der Waals surface area (Å²) >= 11 is -1.92. The summed E-state index contributed by atoms with van der Waals surface area (Å²) in [6.07, 6.45) is 8.02. The van der Waals surface area contributed by atoms with Gasteiger partial charge in [-0.1, -0.05) is 0 Å². The van der Waals surface area contributed by atoms with E-state index in [0.29, 0.717) is 0 Å². The molecule has 0 atom stereocenters. The molecule has 2 aromatic rings. The van der Waals surface area contributed by atoms with Crippen molar-refractivity contribution in [2.45, 2.75) is 20.3 Å². The molecule has 0 heterocycles. The molecule has 99 valence electrons. The summed E-state index contributed by atoms with van der Waals surface area (Å²) < 4.78 is 4.84. The van der Waals surface area contributed by atoms with Crippen molar-refractivity contribution in [2.24, 2.45) is 0 Å². The topological polar surface area (TPSA) is 0 Å². The van der Waals surface area contributed by atoms with Crippen molar-refractivity contribution in [3.8, 4) is 0 Å². The van der Waals surface area contributed by atoms with Gasteiger partial charge in [-0.15, -0.1) is 0 Å². The van der Waals surface area contributed by atoms with Gasteiger partial charge in [-0.05, 0) is 0 Å². The molecule has 1 aliphatic rings. The first-order valence-corrected chi connectivity index (χ1v) is 10.8. The zero-order chi connectivity index (χ0) is 13.9. The normalized spacial score (nSPS) is 13.4. The summed E-state index contributed by atoms with van der Waals surface area (Å²) in [4.78, 5) is 0. The summed E-state index contributed by atoms with van der Waals surface area (Å²) in [7, 11) is 0. The minimum absolute atomic E-state index is 1.15. The van der Waals surface area contributed by atoms with Crippen LogP contribution in [0.15, 0.2) is 70.0 Å². The molecule has 0 aromatic heterocycles. The average Bonchev–Trinajstić information content (AvgIpc) is 2.97. The van der Waals surface area contributed by atoms with Crippen LogP contribution < -0.4 is 6.54 Å². The molecule has 0 bridgehead atoms. The number of allylic oxidation sites excluding steroid dienone is 4. The second-order valence-corrected chi connectivity index (χ2v) is 11.7. The van der Waals surface area contributed by atoms with Gasteiger partial charge in [0.25, 0.3) is 0 Å². The van der Waals surface area contributed by atoms with Gasteiger partial charge in [0.2, 0.25) is 0 Å². The Kier molecular flexibility index (Phi) is 4.17. The van der Waals surface area contributed by atoms with Crippen LogP contribution in [0.25, 0.3) is 0 Å². The van der Waals surface area contributed by atoms with Crippen LogP contribution in [0.5, 0.6) is 0 Å². The Morgan fingerprint density at radius 2 is 1.25 bits per heavy atom. The zero-order valence-corrected chi connectivity index (χ0v) is 14.5. The van der Waals surface area contributed by atoms with Crippen LogP contribution in [0, 0.1) is 13.8 Å². The first-order valence-electron chi connectivity index (χ1n) is 7.11. The molecule has 0 nitrogen and oxygen atoms in total. The fourth-order valence-corrected chi connectivity index (χ4v) is 9.15. The second-order valence-electron chi connectivity index (χ2n) is 5.43. The molecule has 0 amide bonds. The zero-order valence-electron chi connectivity index (χ0n) is 12.1. The number of rotatable bonds is 3. The third-order valence-electron chi connectivity index (χ3n) is 3.77. The molecule has 0 unspecified atom stereocenters. The van der Waals surface area contributed by atoms with Gasteiger partial charge in [0.05, 0.1) is 0 Å². The molecule has 0 N–H and O–H groups in total. The summed E-state index contributed by atoms with van der Waals surface area (Å²) in [5.74, 6) is 0. The monoisotopic (exact) mass is 337 g/mol. The molecule has 0 aliphatic heterocycles.